The maximum absolute atomic E-state index is 12.6. The number of nitrogens with zero attached hydrogens (tertiary/aromatic N) is 3. The van der Waals surface area contributed by atoms with Crippen LogP contribution in [0.3, 0.4) is 0 Å². The molecule has 0 aliphatic carbocycles. The molecule has 2 aromatic carbocycles. The zero-order chi connectivity index (χ0) is 21.0. The molecule has 3 aromatic rings. The molecule has 150 valence electrons. The van der Waals surface area contributed by atoms with E-state index in [2.05, 4.69) is 15.5 Å². The van der Waals surface area contributed by atoms with E-state index in [1.165, 1.54) is 31.1 Å². The Balaban J connectivity index is 2.01. The van der Waals surface area contributed by atoms with Gasteiger partial charge < -0.3 is 19.4 Å². The quantitative estimate of drug-likeness (QED) is 0.472. The summed E-state index contributed by atoms with van der Waals surface area (Å²) in [6, 6.07) is 10.1. The van der Waals surface area contributed by atoms with Gasteiger partial charge in [-0.25, -0.2) is 10.4 Å². The largest absolute Gasteiger partial charge is 0.545 e. The van der Waals surface area contributed by atoms with Crippen LogP contribution in [0.4, 0.5) is 5.95 Å². The molecule has 9 nitrogen and oxygen atoms in total. The summed E-state index contributed by atoms with van der Waals surface area (Å²) >= 11 is 0. The number of aromatic nitrogens is 2. The topological polar surface area (TPSA) is 118 Å². The van der Waals surface area contributed by atoms with Gasteiger partial charge in [0.1, 0.15) is 0 Å². The van der Waals surface area contributed by atoms with E-state index in [1.54, 1.807) is 30.3 Å². The molecule has 0 spiro atoms. The van der Waals surface area contributed by atoms with Crippen LogP contribution in [0.2, 0.25) is 0 Å². The zero-order valence-corrected chi connectivity index (χ0v) is 16.1. The number of anilines is 1. The van der Waals surface area contributed by atoms with Gasteiger partial charge in [0, 0.05) is 12.1 Å². The summed E-state index contributed by atoms with van der Waals surface area (Å²) in [5, 5.41) is 16.2. The number of hydrogen-bond acceptors (Lipinski definition) is 8. The van der Waals surface area contributed by atoms with Gasteiger partial charge in [0.2, 0.25) is 5.95 Å². The predicted molar refractivity (Wildman–Crippen MR) is 107 cm³/mol. The third-order valence-corrected chi connectivity index (χ3v) is 4.33. The van der Waals surface area contributed by atoms with E-state index >= 15 is 0 Å². The lowest BCUT2D eigenvalue weighted by Crippen LogP contribution is -2.25. The van der Waals surface area contributed by atoms with Gasteiger partial charge in [-0.1, -0.05) is 12.1 Å². The molecule has 1 heterocycles. The summed E-state index contributed by atoms with van der Waals surface area (Å²) in [7, 11) is 2.74. The lowest BCUT2D eigenvalue weighted by atomic mass is 10.1. The van der Waals surface area contributed by atoms with Gasteiger partial charge in [-0.05, 0) is 31.2 Å². The van der Waals surface area contributed by atoms with Crippen LogP contribution in [-0.2, 0) is 6.54 Å². The second-order valence-corrected chi connectivity index (χ2v) is 5.92. The van der Waals surface area contributed by atoms with E-state index in [4.69, 9.17) is 9.47 Å². The number of carboxylic acid groups (broad SMARTS) is 1. The molecule has 0 aliphatic heterocycles. The minimum Gasteiger partial charge on any atom is -0.545 e. The van der Waals surface area contributed by atoms with Gasteiger partial charge in [0.25, 0.3) is 5.56 Å². The minimum atomic E-state index is -1.43. The second-order valence-electron chi connectivity index (χ2n) is 5.92. The molecule has 9 heteroatoms. The van der Waals surface area contributed by atoms with Crippen molar-refractivity contribution in [3.63, 3.8) is 0 Å². The Morgan fingerprint density at radius 1 is 1.24 bits per heavy atom. The van der Waals surface area contributed by atoms with E-state index in [1.807, 2.05) is 6.92 Å². The molecule has 0 aliphatic rings. The molecular formula is C20H19N4O5-. The van der Waals surface area contributed by atoms with Crippen molar-refractivity contribution in [1.29, 1.82) is 0 Å². The number of aromatic carboxylic acids is 1. The molecule has 0 radical (unpaired) electrons. The molecule has 0 atom stereocenters. The minimum absolute atomic E-state index is 0.0331. The average molecular weight is 395 g/mol. The smallest absolute Gasteiger partial charge is 0.262 e. The third-order valence-electron chi connectivity index (χ3n) is 4.33. The van der Waals surface area contributed by atoms with Crippen molar-refractivity contribution in [2.75, 3.05) is 19.6 Å². The van der Waals surface area contributed by atoms with Crippen molar-refractivity contribution in [3.05, 3.63) is 57.9 Å². The van der Waals surface area contributed by atoms with Gasteiger partial charge in [-0.3, -0.25) is 9.36 Å². The fourth-order valence-electron chi connectivity index (χ4n) is 2.97. The normalized spacial score (nSPS) is 11.0. The number of fused-ring (bicyclic) bond motifs is 1. The SMILES string of the molecule is CCn1c(N/N=C\c2ccc(OC)c(OC)c2C(=O)[O-])nc2ccccc2c1=O. The van der Waals surface area contributed by atoms with Crippen molar-refractivity contribution < 1.29 is 19.4 Å². The van der Waals surface area contributed by atoms with Gasteiger partial charge in [-0.15, -0.1) is 0 Å². The van der Waals surface area contributed by atoms with Crippen molar-refractivity contribution in [3.8, 4) is 11.5 Å². The van der Waals surface area contributed by atoms with Crippen molar-refractivity contribution in [1.82, 2.24) is 9.55 Å². The number of carbonyl (C=O) groups is 1. The van der Waals surface area contributed by atoms with Crippen LogP contribution in [-0.4, -0.2) is 36.0 Å². The highest BCUT2D eigenvalue weighted by atomic mass is 16.5. The first kappa shape index (κ1) is 19.9. The summed E-state index contributed by atoms with van der Waals surface area (Å²) < 4.78 is 11.7. The van der Waals surface area contributed by atoms with Gasteiger partial charge >= 0.3 is 0 Å². The van der Waals surface area contributed by atoms with Gasteiger partial charge in [0.05, 0.1) is 42.9 Å². The van der Waals surface area contributed by atoms with Crippen LogP contribution >= 0.6 is 0 Å². The molecule has 3 rings (SSSR count). The molecule has 1 aromatic heterocycles. The summed E-state index contributed by atoms with van der Waals surface area (Å²) in [5.74, 6) is -0.905. The van der Waals surface area contributed by atoms with Crippen LogP contribution in [0.5, 0.6) is 11.5 Å². The lowest BCUT2D eigenvalue weighted by Gasteiger charge is -2.15. The van der Waals surface area contributed by atoms with Crippen LogP contribution in [0.25, 0.3) is 10.9 Å². The van der Waals surface area contributed by atoms with E-state index in [9.17, 15) is 14.7 Å². The number of hydrogen-bond donors (Lipinski definition) is 1. The highest BCUT2D eigenvalue weighted by molar-refractivity contribution is 6.01. The molecule has 29 heavy (non-hydrogen) atoms. The lowest BCUT2D eigenvalue weighted by molar-refractivity contribution is -0.255. The van der Waals surface area contributed by atoms with Crippen LogP contribution in [0.1, 0.15) is 22.8 Å². The number of ether oxygens (including phenoxy) is 2. The van der Waals surface area contributed by atoms with Crippen LogP contribution in [0.15, 0.2) is 46.3 Å². The summed E-state index contributed by atoms with van der Waals surface area (Å²) in [5.41, 5.74) is 3.09. The average Bonchev–Trinajstić information content (AvgIpc) is 2.73. The summed E-state index contributed by atoms with van der Waals surface area (Å²) in [6.07, 6.45) is 1.29. The number of carbonyl (C=O) groups excluding carboxylic acids is 1. The maximum atomic E-state index is 12.6. The monoisotopic (exact) mass is 395 g/mol. The number of methoxy groups -OCH3 is 2. The van der Waals surface area contributed by atoms with Gasteiger partial charge in [0.15, 0.2) is 11.5 Å². The molecule has 1 N–H and O–H groups in total. The number of nitrogens with one attached hydrogen (secondary N) is 1. The first-order chi connectivity index (χ1) is 14.0. The van der Waals surface area contributed by atoms with Crippen LogP contribution in [0, 0.1) is 0 Å². The predicted octanol–water partition coefficient (Wildman–Crippen LogP) is 1.24. The number of benzene rings is 2. The second kappa shape index (κ2) is 8.42. The Morgan fingerprint density at radius 2 is 2.00 bits per heavy atom. The van der Waals surface area contributed by atoms with Crippen molar-refractivity contribution >= 4 is 29.0 Å². The number of rotatable bonds is 7. The zero-order valence-electron chi connectivity index (χ0n) is 16.1. The summed E-state index contributed by atoms with van der Waals surface area (Å²) in [4.78, 5) is 28.7. The number of hydrazone groups is 1. The summed E-state index contributed by atoms with van der Waals surface area (Å²) in [6.45, 7) is 2.20. The van der Waals surface area contributed by atoms with Crippen molar-refractivity contribution in [2.45, 2.75) is 13.5 Å². The highest BCUT2D eigenvalue weighted by Crippen LogP contribution is 2.32. The maximum Gasteiger partial charge on any atom is 0.262 e. The molecule has 0 fully saturated rings. The van der Waals surface area contributed by atoms with E-state index in [0.717, 1.165) is 0 Å². The van der Waals surface area contributed by atoms with Gasteiger partial charge in [-0.2, -0.15) is 5.10 Å². The molecule has 0 unspecified atom stereocenters. The molecule has 0 bridgehead atoms. The Labute approximate surface area is 166 Å². The Hall–Kier alpha value is -3.88. The Kier molecular flexibility index (Phi) is 5.77. The molecule has 0 saturated heterocycles. The van der Waals surface area contributed by atoms with Crippen LogP contribution < -0.4 is 25.6 Å². The van der Waals surface area contributed by atoms with E-state index in [0.29, 0.717) is 17.4 Å². The fraction of sp³-hybridized carbons (Fsp3) is 0.200. The Bertz CT molecular complexity index is 1150. The Morgan fingerprint density at radius 3 is 2.66 bits per heavy atom. The first-order valence-corrected chi connectivity index (χ1v) is 8.76. The van der Waals surface area contributed by atoms with E-state index in [-0.39, 0.29) is 34.1 Å². The molecule has 0 saturated carbocycles. The fourth-order valence-corrected chi connectivity index (χ4v) is 2.97. The molecular weight excluding hydrogens is 376 g/mol. The third kappa shape index (κ3) is 3.75. The number of carboxylic acids is 1. The van der Waals surface area contributed by atoms with Crippen molar-refractivity contribution in [2.24, 2.45) is 5.10 Å². The standard InChI is InChI=1S/C20H20N4O5/c1-4-24-18(25)13-7-5-6-8-14(13)22-20(24)23-21-11-12-9-10-15(28-2)17(29-3)16(12)19(26)27/h5-11H,4H2,1-3H3,(H,22,23)(H,26,27)/p-1/b21-11-. The highest BCUT2D eigenvalue weighted by Gasteiger charge is 2.15. The number of para-hydroxylation sites is 1. The first-order valence-electron chi connectivity index (χ1n) is 8.76. The molecule has 0 amide bonds. The van der Waals surface area contributed by atoms with E-state index < -0.39 is 5.97 Å².